The molecule has 32 heavy (non-hydrogen) atoms. The third-order valence-electron chi connectivity index (χ3n) is 6.40. The van der Waals surface area contributed by atoms with Gasteiger partial charge in [0, 0.05) is 34.9 Å². The lowest BCUT2D eigenvalue weighted by atomic mass is 9.76. The number of carbonyl (C=O) groups is 1. The average molecular weight is 444 g/mol. The fourth-order valence-electron chi connectivity index (χ4n) is 4.62. The highest BCUT2D eigenvalue weighted by Gasteiger charge is 2.47. The summed E-state index contributed by atoms with van der Waals surface area (Å²) in [5.74, 6) is 0.789. The first-order valence-electron chi connectivity index (χ1n) is 10.6. The van der Waals surface area contributed by atoms with Crippen LogP contribution in [0.5, 0.6) is 5.75 Å². The van der Waals surface area contributed by atoms with E-state index in [1.54, 1.807) is 4.90 Å². The predicted molar refractivity (Wildman–Crippen MR) is 124 cm³/mol. The van der Waals surface area contributed by atoms with Crippen LogP contribution < -0.4 is 10.1 Å². The number of anilines is 1. The zero-order valence-electron chi connectivity index (χ0n) is 17.5. The van der Waals surface area contributed by atoms with Crippen LogP contribution in [0.3, 0.4) is 0 Å². The number of likely N-dealkylation sites (tertiary alicyclic amines) is 1. The largest absolute Gasteiger partial charge is 0.488 e. The van der Waals surface area contributed by atoms with Crippen LogP contribution in [0.1, 0.15) is 17.5 Å². The van der Waals surface area contributed by atoms with Gasteiger partial charge >= 0.3 is 0 Å². The van der Waals surface area contributed by atoms with Crippen LogP contribution in [-0.4, -0.2) is 23.9 Å². The van der Waals surface area contributed by atoms with Crippen LogP contribution in [-0.2, 0) is 17.8 Å². The van der Waals surface area contributed by atoms with E-state index >= 15 is 0 Å². The zero-order chi connectivity index (χ0) is 22.1. The highest BCUT2D eigenvalue weighted by atomic mass is 35.5. The number of hydrogen-bond acceptors (Lipinski definition) is 4. The Balaban J connectivity index is 1.43. The van der Waals surface area contributed by atoms with E-state index in [9.17, 15) is 10.1 Å². The SMILES string of the molecule is N#CN1CCC2(Cc3cc(-c4ccccc4OCc4ccccc4Cl)ccc3NC2=O)C1. The minimum atomic E-state index is -0.540. The number of nitrogens with zero attached hydrogens (tertiary/aromatic N) is 2. The fourth-order valence-corrected chi connectivity index (χ4v) is 4.81. The van der Waals surface area contributed by atoms with E-state index in [0.29, 0.717) is 37.6 Å². The number of nitrogens with one attached hydrogen (secondary N) is 1. The molecule has 0 bridgehead atoms. The van der Waals surface area contributed by atoms with Gasteiger partial charge in [-0.05, 0) is 48.2 Å². The van der Waals surface area contributed by atoms with Gasteiger partial charge in [0.25, 0.3) is 0 Å². The number of amides is 1. The average Bonchev–Trinajstić information content (AvgIpc) is 3.23. The summed E-state index contributed by atoms with van der Waals surface area (Å²) in [6.07, 6.45) is 3.50. The minimum absolute atomic E-state index is 0.0129. The highest BCUT2D eigenvalue weighted by Crippen LogP contribution is 2.42. The molecule has 1 fully saturated rings. The lowest BCUT2D eigenvalue weighted by Crippen LogP contribution is -2.43. The molecule has 0 saturated carbocycles. The summed E-state index contributed by atoms with van der Waals surface area (Å²) in [6.45, 7) is 1.47. The van der Waals surface area contributed by atoms with E-state index in [-0.39, 0.29) is 5.91 Å². The zero-order valence-corrected chi connectivity index (χ0v) is 18.2. The van der Waals surface area contributed by atoms with E-state index in [1.165, 1.54) is 0 Å². The molecule has 6 heteroatoms. The molecule has 2 heterocycles. The number of halogens is 1. The maximum Gasteiger partial charge on any atom is 0.232 e. The number of carbonyl (C=O) groups excluding carboxylic acids is 1. The molecule has 2 aliphatic heterocycles. The smallest absolute Gasteiger partial charge is 0.232 e. The Hall–Kier alpha value is -3.49. The molecule has 2 aliphatic rings. The molecule has 160 valence electrons. The lowest BCUT2D eigenvalue weighted by molar-refractivity contribution is -0.125. The van der Waals surface area contributed by atoms with Crippen molar-refractivity contribution in [3.8, 4) is 23.1 Å². The van der Waals surface area contributed by atoms with Gasteiger partial charge in [-0.3, -0.25) is 4.79 Å². The maximum atomic E-state index is 12.8. The van der Waals surface area contributed by atoms with Gasteiger partial charge in [0.1, 0.15) is 12.4 Å². The molecule has 5 nitrogen and oxygen atoms in total. The topological polar surface area (TPSA) is 65.4 Å². The molecular weight excluding hydrogens is 422 g/mol. The van der Waals surface area contributed by atoms with E-state index in [4.69, 9.17) is 16.3 Å². The lowest BCUT2D eigenvalue weighted by Gasteiger charge is -2.33. The molecule has 1 saturated heterocycles. The Morgan fingerprint density at radius 3 is 2.75 bits per heavy atom. The first kappa shape index (κ1) is 20.4. The number of rotatable bonds is 4. The van der Waals surface area contributed by atoms with Crippen molar-refractivity contribution in [3.05, 3.63) is 82.9 Å². The molecule has 1 amide bonds. The van der Waals surface area contributed by atoms with Crippen molar-refractivity contribution in [2.75, 3.05) is 18.4 Å². The Morgan fingerprint density at radius 1 is 1.12 bits per heavy atom. The van der Waals surface area contributed by atoms with E-state index in [2.05, 4.69) is 17.6 Å². The molecule has 0 aliphatic carbocycles. The Morgan fingerprint density at radius 2 is 1.94 bits per heavy atom. The molecular formula is C26H22ClN3O2. The number of benzene rings is 3. The fraction of sp³-hybridized carbons (Fsp3) is 0.231. The third kappa shape index (κ3) is 3.68. The van der Waals surface area contributed by atoms with Gasteiger partial charge in [-0.25, -0.2) is 0 Å². The van der Waals surface area contributed by atoms with E-state index in [0.717, 1.165) is 33.7 Å². The molecule has 1 unspecified atom stereocenters. The first-order valence-corrected chi connectivity index (χ1v) is 11.0. The molecule has 5 rings (SSSR count). The van der Waals surface area contributed by atoms with Gasteiger partial charge in [-0.15, -0.1) is 0 Å². The predicted octanol–water partition coefficient (Wildman–Crippen LogP) is 5.25. The van der Waals surface area contributed by atoms with Crippen molar-refractivity contribution in [3.63, 3.8) is 0 Å². The third-order valence-corrected chi connectivity index (χ3v) is 6.77. The van der Waals surface area contributed by atoms with Crippen LogP contribution in [0.15, 0.2) is 66.7 Å². The van der Waals surface area contributed by atoms with Crippen molar-refractivity contribution in [1.29, 1.82) is 5.26 Å². The van der Waals surface area contributed by atoms with E-state index < -0.39 is 5.41 Å². The standard InChI is InChI=1S/C26H22ClN3O2/c27-22-7-3-1-5-19(22)15-32-24-8-4-2-6-21(24)18-9-10-23-20(13-18)14-26(25(31)29-23)11-12-30(16-26)17-28/h1-10,13H,11-12,14-16H2,(H,29,31). The van der Waals surface area contributed by atoms with Crippen molar-refractivity contribution < 1.29 is 9.53 Å². The monoisotopic (exact) mass is 443 g/mol. The molecule has 1 N–H and O–H groups in total. The molecule has 0 radical (unpaired) electrons. The molecule has 1 spiro atoms. The summed E-state index contributed by atoms with van der Waals surface area (Å²) < 4.78 is 6.14. The van der Waals surface area contributed by atoms with Gasteiger partial charge in [-0.2, -0.15) is 5.26 Å². The Labute approximate surface area is 192 Å². The van der Waals surface area contributed by atoms with Crippen molar-refractivity contribution in [1.82, 2.24) is 4.90 Å². The minimum Gasteiger partial charge on any atom is -0.488 e. The Bertz CT molecular complexity index is 1240. The molecule has 1 atom stereocenters. The summed E-state index contributed by atoms with van der Waals surface area (Å²) >= 11 is 6.28. The van der Waals surface area contributed by atoms with Crippen LogP contribution in [0, 0.1) is 16.9 Å². The molecule has 0 aromatic heterocycles. The normalized spacial score (nSPS) is 19.4. The summed E-state index contributed by atoms with van der Waals surface area (Å²) in [7, 11) is 0. The first-order chi connectivity index (χ1) is 15.6. The summed E-state index contributed by atoms with van der Waals surface area (Å²) in [4.78, 5) is 14.5. The number of nitriles is 1. The van der Waals surface area contributed by atoms with E-state index in [1.807, 2.05) is 60.7 Å². The van der Waals surface area contributed by atoms with Crippen LogP contribution >= 0.6 is 11.6 Å². The summed E-state index contributed by atoms with van der Waals surface area (Å²) in [5, 5.41) is 13.0. The summed E-state index contributed by atoms with van der Waals surface area (Å²) in [5.41, 5.74) is 4.33. The number of ether oxygens (including phenoxy) is 1. The Kier molecular flexibility index (Phi) is 5.24. The second-order valence-electron chi connectivity index (χ2n) is 8.43. The number of hydrogen-bond donors (Lipinski definition) is 1. The quantitative estimate of drug-likeness (QED) is 0.559. The van der Waals surface area contributed by atoms with Crippen LogP contribution in [0.25, 0.3) is 11.1 Å². The number of para-hydroxylation sites is 1. The molecule has 3 aromatic carbocycles. The highest BCUT2D eigenvalue weighted by molar-refractivity contribution is 6.31. The van der Waals surface area contributed by atoms with Crippen LogP contribution in [0.2, 0.25) is 5.02 Å². The van der Waals surface area contributed by atoms with Gasteiger partial charge in [0.2, 0.25) is 5.91 Å². The summed E-state index contributed by atoms with van der Waals surface area (Å²) in [6, 6.07) is 21.7. The van der Waals surface area contributed by atoms with Crippen molar-refractivity contribution in [2.24, 2.45) is 5.41 Å². The van der Waals surface area contributed by atoms with Gasteiger partial charge in [-0.1, -0.05) is 54.1 Å². The van der Waals surface area contributed by atoms with Crippen molar-refractivity contribution >= 4 is 23.2 Å². The van der Waals surface area contributed by atoms with Crippen LogP contribution in [0.4, 0.5) is 5.69 Å². The number of fused-ring (bicyclic) bond motifs is 1. The second kappa shape index (κ2) is 8.22. The van der Waals surface area contributed by atoms with Gasteiger partial charge < -0.3 is 15.0 Å². The van der Waals surface area contributed by atoms with Crippen molar-refractivity contribution in [2.45, 2.75) is 19.4 Å². The van der Waals surface area contributed by atoms with Gasteiger partial charge in [0.05, 0.1) is 5.41 Å². The maximum absolute atomic E-state index is 12.8. The molecule has 3 aromatic rings. The van der Waals surface area contributed by atoms with Gasteiger partial charge in [0.15, 0.2) is 6.19 Å². The second-order valence-corrected chi connectivity index (χ2v) is 8.84.